The van der Waals surface area contributed by atoms with Gasteiger partial charge in [0.05, 0.1) is 7.11 Å². The monoisotopic (exact) mass is 276 g/mol. The van der Waals surface area contributed by atoms with Crippen LogP contribution in [0.15, 0.2) is 30.5 Å². The molecular weight excluding hydrogens is 256 g/mol. The predicted molar refractivity (Wildman–Crippen MR) is 80.8 cm³/mol. The van der Waals surface area contributed by atoms with E-state index in [-0.39, 0.29) is 0 Å². The van der Waals surface area contributed by atoms with Gasteiger partial charge in [-0.25, -0.2) is 4.98 Å². The molecule has 1 aromatic heterocycles. The molecule has 0 fully saturated rings. The third kappa shape index (κ3) is 3.55. The summed E-state index contributed by atoms with van der Waals surface area (Å²) in [5, 5.41) is 4.52. The van der Waals surface area contributed by atoms with E-state index in [2.05, 4.69) is 30.2 Å². The Kier molecular flexibility index (Phi) is 4.93. The summed E-state index contributed by atoms with van der Waals surface area (Å²) in [6.45, 7) is 5.39. The summed E-state index contributed by atoms with van der Waals surface area (Å²) < 4.78 is 5.25. The lowest BCUT2D eigenvalue weighted by Gasteiger charge is -2.09. The molecule has 0 amide bonds. The molecule has 2 aromatic rings. The quantitative estimate of drug-likeness (QED) is 0.869. The Morgan fingerprint density at radius 3 is 3.00 bits per heavy atom. The number of hydrogen-bond acceptors (Lipinski definition) is 4. The van der Waals surface area contributed by atoms with Crippen LogP contribution in [0.2, 0.25) is 0 Å². The first-order valence-corrected chi connectivity index (χ1v) is 7.39. The molecule has 4 heteroatoms. The van der Waals surface area contributed by atoms with E-state index in [1.165, 1.54) is 4.88 Å². The van der Waals surface area contributed by atoms with Crippen LogP contribution in [0.25, 0.3) is 10.6 Å². The molecule has 1 atom stereocenters. The van der Waals surface area contributed by atoms with Gasteiger partial charge in [-0.05, 0) is 32.0 Å². The lowest BCUT2D eigenvalue weighted by molar-refractivity contribution is 0.415. The summed E-state index contributed by atoms with van der Waals surface area (Å²) in [5.41, 5.74) is 1.11. The highest BCUT2D eigenvalue weighted by atomic mass is 32.1. The number of ether oxygens (including phenoxy) is 1. The van der Waals surface area contributed by atoms with Crippen molar-refractivity contribution in [2.75, 3.05) is 13.7 Å². The third-order valence-corrected chi connectivity index (χ3v) is 4.20. The summed E-state index contributed by atoms with van der Waals surface area (Å²) in [6, 6.07) is 8.39. The zero-order chi connectivity index (χ0) is 13.7. The van der Waals surface area contributed by atoms with E-state index in [1.807, 2.05) is 24.4 Å². The molecule has 3 nitrogen and oxygen atoms in total. The van der Waals surface area contributed by atoms with Crippen LogP contribution >= 0.6 is 11.3 Å². The maximum Gasteiger partial charge on any atom is 0.123 e. The van der Waals surface area contributed by atoms with Crippen molar-refractivity contribution >= 4 is 11.3 Å². The van der Waals surface area contributed by atoms with Gasteiger partial charge >= 0.3 is 0 Å². The molecule has 0 aliphatic heterocycles. The molecule has 1 heterocycles. The molecule has 102 valence electrons. The van der Waals surface area contributed by atoms with Gasteiger partial charge in [0.2, 0.25) is 0 Å². The van der Waals surface area contributed by atoms with Crippen LogP contribution in [-0.2, 0) is 0 Å². The van der Waals surface area contributed by atoms with E-state index in [0.29, 0.717) is 6.04 Å². The van der Waals surface area contributed by atoms with E-state index < -0.39 is 0 Å². The summed E-state index contributed by atoms with van der Waals surface area (Å²) in [5.74, 6) is 0.867. The largest absolute Gasteiger partial charge is 0.497 e. The number of hydrogen-bond donors (Lipinski definition) is 1. The van der Waals surface area contributed by atoms with Crippen molar-refractivity contribution in [3.8, 4) is 16.3 Å². The van der Waals surface area contributed by atoms with Crippen LogP contribution < -0.4 is 10.1 Å². The number of thiazole rings is 1. The van der Waals surface area contributed by atoms with Crippen LogP contribution in [0.1, 0.15) is 31.2 Å². The van der Waals surface area contributed by atoms with Crippen molar-refractivity contribution in [3.63, 3.8) is 0 Å². The fourth-order valence-electron chi connectivity index (χ4n) is 1.84. The van der Waals surface area contributed by atoms with E-state index in [9.17, 15) is 0 Å². The summed E-state index contributed by atoms with van der Waals surface area (Å²) in [6.07, 6.45) is 3.11. The van der Waals surface area contributed by atoms with Gasteiger partial charge in [0.1, 0.15) is 10.8 Å². The minimum Gasteiger partial charge on any atom is -0.497 e. The van der Waals surface area contributed by atoms with Crippen molar-refractivity contribution in [3.05, 3.63) is 35.3 Å². The third-order valence-electron chi connectivity index (χ3n) is 2.97. The Balaban J connectivity index is 2.15. The smallest absolute Gasteiger partial charge is 0.123 e. The second kappa shape index (κ2) is 6.68. The highest BCUT2D eigenvalue weighted by molar-refractivity contribution is 7.15. The Morgan fingerprint density at radius 1 is 1.42 bits per heavy atom. The van der Waals surface area contributed by atoms with Gasteiger partial charge in [0, 0.05) is 22.7 Å². The standard InChI is InChI=1S/C15H20N2OS/c1-4-8-16-11(2)14-10-17-15(19-14)12-6-5-7-13(9-12)18-3/h5-7,9-11,16H,4,8H2,1-3H3. The molecule has 1 aromatic carbocycles. The normalized spacial score (nSPS) is 12.4. The Labute approximate surface area is 118 Å². The van der Waals surface area contributed by atoms with Crippen molar-refractivity contribution < 1.29 is 4.74 Å². The molecule has 0 spiro atoms. The molecule has 0 saturated heterocycles. The highest BCUT2D eigenvalue weighted by Gasteiger charge is 2.10. The topological polar surface area (TPSA) is 34.2 Å². The SMILES string of the molecule is CCCNC(C)c1cnc(-c2cccc(OC)c2)s1. The van der Waals surface area contributed by atoms with Crippen molar-refractivity contribution in [2.24, 2.45) is 0 Å². The average molecular weight is 276 g/mol. The van der Waals surface area contributed by atoms with Gasteiger partial charge in [-0.15, -0.1) is 11.3 Å². The Hall–Kier alpha value is -1.39. The Bertz CT molecular complexity index is 524. The molecule has 1 unspecified atom stereocenters. The zero-order valence-electron chi connectivity index (χ0n) is 11.6. The molecule has 0 radical (unpaired) electrons. The van der Waals surface area contributed by atoms with Crippen LogP contribution in [0.5, 0.6) is 5.75 Å². The molecular formula is C15H20N2OS. The molecule has 19 heavy (non-hydrogen) atoms. The lowest BCUT2D eigenvalue weighted by atomic mass is 10.2. The minimum atomic E-state index is 0.358. The van der Waals surface area contributed by atoms with Gasteiger partial charge in [0.15, 0.2) is 0 Å². The van der Waals surface area contributed by atoms with Gasteiger partial charge in [0.25, 0.3) is 0 Å². The van der Waals surface area contributed by atoms with Gasteiger partial charge in [-0.1, -0.05) is 19.1 Å². The second-order valence-corrected chi connectivity index (χ2v) is 5.54. The van der Waals surface area contributed by atoms with Crippen LogP contribution in [0, 0.1) is 0 Å². The predicted octanol–water partition coefficient (Wildman–Crippen LogP) is 3.88. The fourth-order valence-corrected chi connectivity index (χ4v) is 2.78. The number of rotatable bonds is 6. The van der Waals surface area contributed by atoms with Gasteiger partial charge in [-0.3, -0.25) is 0 Å². The van der Waals surface area contributed by atoms with Gasteiger partial charge in [-0.2, -0.15) is 0 Å². The molecule has 0 aliphatic rings. The van der Waals surface area contributed by atoms with E-state index in [0.717, 1.165) is 29.3 Å². The maximum absolute atomic E-state index is 5.25. The fraction of sp³-hybridized carbons (Fsp3) is 0.400. The van der Waals surface area contributed by atoms with Gasteiger partial charge < -0.3 is 10.1 Å². The van der Waals surface area contributed by atoms with E-state index >= 15 is 0 Å². The molecule has 0 aliphatic carbocycles. The summed E-state index contributed by atoms with van der Waals surface area (Å²) in [7, 11) is 1.68. The number of benzene rings is 1. The minimum absolute atomic E-state index is 0.358. The van der Waals surface area contributed by atoms with Crippen LogP contribution in [-0.4, -0.2) is 18.6 Å². The van der Waals surface area contributed by atoms with Crippen molar-refractivity contribution in [2.45, 2.75) is 26.3 Å². The maximum atomic E-state index is 5.25. The Morgan fingerprint density at radius 2 is 2.26 bits per heavy atom. The molecule has 0 saturated carbocycles. The molecule has 1 N–H and O–H groups in total. The number of aromatic nitrogens is 1. The first-order chi connectivity index (χ1) is 9.24. The number of methoxy groups -OCH3 is 1. The highest BCUT2D eigenvalue weighted by Crippen LogP contribution is 2.30. The number of nitrogens with zero attached hydrogens (tertiary/aromatic N) is 1. The van der Waals surface area contributed by atoms with E-state index in [1.54, 1.807) is 18.4 Å². The zero-order valence-corrected chi connectivity index (χ0v) is 12.5. The summed E-state index contributed by atoms with van der Waals surface area (Å²) in [4.78, 5) is 5.78. The second-order valence-electron chi connectivity index (χ2n) is 4.48. The van der Waals surface area contributed by atoms with Crippen molar-refractivity contribution in [1.29, 1.82) is 0 Å². The first-order valence-electron chi connectivity index (χ1n) is 6.58. The first kappa shape index (κ1) is 14.0. The lowest BCUT2D eigenvalue weighted by Crippen LogP contribution is -2.18. The summed E-state index contributed by atoms with van der Waals surface area (Å²) >= 11 is 1.73. The molecule has 0 bridgehead atoms. The van der Waals surface area contributed by atoms with Crippen LogP contribution in [0.3, 0.4) is 0 Å². The molecule has 2 rings (SSSR count). The van der Waals surface area contributed by atoms with Crippen LogP contribution in [0.4, 0.5) is 0 Å². The van der Waals surface area contributed by atoms with Crippen molar-refractivity contribution in [1.82, 2.24) is 10.3 Å². The average Bonchev–Trinajstić information content (AvgIpc) is 2.94. The number of nitrogens with one attached hydrogen (secondary N) is 1. The van der Waals surface area contributed by atoms with E-state index in [4.69, 9.17) is 4.74 Å².